The Labute approximate surface area is 150 Å². The number of aromatic nitrogens is 1. The highest BCUT2D eigenvalue weighted by atomic mass is 16.6. The molecule has 0 N–H and O–H groups in total. The summed E-state index contributed by atoms with van der Waals surface area (Å²) in [7, 11) is 0. The standard InChI is InChI=1S/C20H30N2O3/c1-16-3-2-4-17(21-16)14-24-19-13-20(25-15-19)7-9-22(10-8-20)18-5-11-23-12-6-18/h2-4,18-19H,5-15H2,1H3/t19-/m0/s1. The topological polar surface area (TPSA) is 43.8 Å². The Bertz CT molecular complexity index is 566. The van der Waals surface area contributed by atoms with Gasteiger partial charge in [0.05, 0.1) is 30.6 Å². The van der Waals surface area contributed by atoms with Crippen LogP contribution in [-0.2, 0) is 20.8 Å². The Morgan fingerprint density at radius 1 is 1.24 bits per heavy atom. The van der Waals surface area contributed by atoms with Gasteiger partial charge in [0.2, 0.25) is 0 Å². The highest BCUT2D eigenvalue weighted by Crippen LogP contribution is 2.38. The van der Waals surface area contributed by atoms with E-state index < -0.39 is 0 Å². The minimum absolute atomic E-state index is 0.0480. The molecule has 1 aromatic rings. The molecule has 3 aliphatic rings. The van der Waals surface area contributed by atoms with Gasteiger partial charge in [-0.1, -0.05) is 6.07 Å². The molecule has 3 aliphatic heterocycles. The molecule has 138 valence electrons. The molecule has 0 saturated carbocycles. The first-order valence-electron chi connectivity index (χ1n) is 9.72. The van der Waals surface area contributed by atoms with Crippen LogP contribution in [0.2, 0.25) is 0 Å². The number of piperidine rings is 1. The highest BCUT2D eigenvalue weighted by Gasteiger charge is 2.44. The first-order chi connectivity index (χ1) is 12.2. The van der Waals surface area contributed by atoms with Crippen molar-refractivity contribution in [2.24, 2.45) is 0 Å². The van der Waals surface area contributed by atoms with Crippen molar-refractivity contribution >= 4 is 0 Å². The van der Waals surface area contributed by atoms with E-state index in [4.69, 9.17) is 14.2 Å². The summed E-state index contributed by atoms with van der Waals surface area (Å²) in [5.74, 6) is 0. The normalized spacial score (nSPS) is 27.8. The molecule has 0 aromatic carbocycles. The van der Waals surface area contributed by atoms with Crippen LogP contribution in [0.5, 0.6) is 0 Å². The second-order valence-corrected chi connectivity index (χ2v) is 7.78. The zero-order valence-electron chi connectivity index (χ0n) is 15.3. The Kier molecular flexibility index (Phi) is 5.36. The molecular formula is C20H30N2O3. The van der Waals surface area contributed by atoms with Crippen molar-refractivity contribution < 1.29 is 14.2 Å². The fourth-order valence-corrected chi connectivity index (χ4v) is 4.49. The van der Waals surface area contributed by atoms with Gasteiger partial charge in [0.25, 0.3) is 0 Å². The van der Waals surface area contributed by atoms with Crippen molar-refractivity contribution in [3.8, 4) is 0 Å². The van der Waals surface area contributed by atoms with Crippen molar-refractivity contribution in [2.75, 3.05) is 32.9 Å². The zero-order chi connectivity index (χ0) is 17.1. The average Bonchev–Trinajstić information content (AvgIpc) is 3.04. The second-order valence-electron chi connectivity index (χ2n) is 7.78. The van der Waals surface area contributed by atoms with E-state index in [2.05, 4.69) is 9.88 Å². The molecule has 0 unspecified atom stereocenters. The largest absolute Gasteiger partial charge is 0.381 e. The molecule has 0 aliphatic carbocycles. The summed E-state index contributed by atoms with van der Waals surface area (Å²) in [6.45, 7) is 7.47. The molecule has 0 bridgehead atoms. The second kappa shape index (κ2) is 7.70. The minimum atomic E-state index is 0.0480. The number of pyridine rings is 1. The Morgan fingerprint density at radius 2 is 2.04 bits per heavy atom. The Balaban J connectivity index is 1.25. The predicted molar refractivity (Wildman–Crippen MR) is 95.5 cm³/mol. The lowest BCUT2D eigenvalue weighted by molar-refractivity contribution is -0.0622. The average molecular weight is 346 g/mol. The van der Waals surface area contributed by atoms with Crippen molar-refractivity contribution in [2.45, 2.75) is 63.4 Å². The maximum Gasteiger partial charge on any atom is 0.0892 e. The summed E-state index contributed by atoms with van der Waals surface area (Å²) >= 11 is 0. The molecule has 3 fully saturated rings. The third-order valence-corrected chi connectivity index (χ3v) is 6.00. The zero-order valence-corrected chi connectivity index (χ0v) is 15.3. The summed E-state index contributed by atoms with van der Waals surface area (Å²) in [6, 6.07) is 6.81. The van der Waals surface area contributed by atoms with Crippen LogP contribution in [0.1, 0.15) is 43.5 Å². The third kappa shape index (κ3) is 4.22. The fraction of sp³-hybridized carbons (Fsp3) is 0.750. The number of hydrogen-bond acceptors (Lipinski definition) is 5. The molecule has 4 heterocycles. The van der Waals surface area contributed by atoms with E-state index in [1.807, 2.05) is 25.1 Å². The molecule has 3 saturated heterocycles. The molecule has 25 heavy (non-hydrogen) atoms. The molecule has 0 amide bonds. The molecule has 5 heteroatoms. The molecule has 0 radical (unpaired) electrons. The number of nitrogens with zero attached hydrogens (tertiary/aromatic N) is 2. The molecule has 1 atom stereocenters. The lowest BCUT2D eigenvalue weighted by Gasteiger charge is -2.43. The number of rotatable bonds is 4. The van der Waals surface area contributed by atoms with Gasteiger partial charge in [-0.2, -0.15) is 0 Å². The SMILES string of the molecule is Cc1cccc(CO[C@@H]2COC3(CCN(C4CCOCC4)CC3)C2)n1. The van der Waals surface area contributed by atoms with Crippen molar-refractivity contribution in [3.63, 3.8) is 0 Å². The van der Waals surface area contributed by atoms with Gasteiger partial charge in [0, 0.05) is 44.5 Å². The monoisotopic (exact) mass is 346 g/mol. The number of hydrogen-bond donors (Lipinski definition) is 0. The van der Waals surface area contributed by atoms with Gasteiger partial charge in [-0.15, -0.1) is 0 Å². The first-order valence-corrected chi connectivity index (χ1v) is 9.72. The predicted octanol–water partition coefficient (Wildman–Crippen LogP) is 2.71. The van der Waals surface area contributed by atoms with Crippen molar-refractivity contribution in [1.29, 1.82) is 0 Å². The van der Waals surface area contributed by atoms with Crippen LogP contribution >= 0.6 is 0 Å². The van der Waals surface area contributed by atoms with Gasteiger partial charge in [-0.25, -0.2) is 0 Å². The van der Waals surface area contributed by atoms with Gasteiger partial charge in [-0.05, 0) is 44.7 Å². The summed E-state index contributed by atoms with van der Waals surface area (Å²) in [6.07, 6.45) is 5.86. The third-order valence-electron chi connectivity index (χ3n) is 6.00. The number of aryl methyl sites for hydroxylation is 1. The van der Waals surface area contributed by atoms with Crippen LogP contribution in [0, 0.1) is 6.92 Å². The maximum atomic E-state index is 6.25. The van der Waals surface area contributed by atoms with Crippen LogP contribution in [-0.4, -0.2) is 60.5 Å². The van der Waals surface area contributed by atoms with Crippen LogP contribution in [0.4, 0.5) is 0 Å². The lowest BCUT2D eigenvalue weighted by atomic mass is 9.87. The minimum Gasteiger partial charge on any atom is -0.381 e. The number of likely N-dealkylation sites (tertiary alicyclic amines) is 1. The van der Waals surface area contributed by atoms with Crippen LogP contribution in [0.15, 0.2) is 18.2 Å². The molecular weight excluding hydrogens is 316 g/mol. The van der Waals surface area contributed by atoms with Gasteiger partial charge < -0.3 is 14.2 Å². The summed E-state index contributed by atoms with van der Waals surface area (Å²) in [5, 5.41) is 0. The van der Waals surface area contributed by atoms with Crippen LogP contribution in [0.25, 0.3) is 0 Å². The van der Waals surface area contributed by atoms with Gasteiger partial charge >= 0.3 is 0 Å². The molecule has 5 nitrogen and oxygen atoms in total. The van der Waals surface area contributed by atoms with E-state index in [0.29, 0.717) is 12.6 Å². The van der Waals surface area contributed by atoms with E-state index >= 15 is 0 Å². The van der Waals surface area contributed by atoms with E-state index in [9.17, 15) is 0 Å². The van der Waals surface area contributed by atoms with E-state index in [-0.39, 0.29) is 11.7 Å². The lowest BCUT2D eigenvalue weighted by Crippen LogP contribution is -2.49. The Hall–Kier alpha value is -1.01. The van der Waals surface area contributed by atoms with E-state index in [1.54, 1.807) is 0 Å². The van der Waals surface area contributed by atoms with E-state index in [0.717, 1.165) is 63.6 Å². The fourth-order valence-electron chi connectivity index (χ4n) is 4.49. The first kappa shape index (κ1) is 17.4. The Morgan fingerprint density at radius 3 is 2.80 bits per heavy atom. The van der Waals surface area contributed by atoms with Crippen molar-refractivity contribution in [3.05, 3.63) is 29.6 Å². The van der Waals surface area contributed by atoms with Crippen LogP contribution in [0.3, 0.4) is 0 Å². The van der Waals surface area contributed by atoms with E-state index in [1.165, 1.54) is 12.8 Å². The molecule has 1 aromatic heterocycles. The van der Waals surface area contributed by atoms with Crippen LogP contribution < -0.4 is 0 Å². The highest BCUT2D eigenvalue weighted by molar-refractivity contribution is 5.09. The number of ether oxygens (including phenoxy) is 3. The van der Waals surface area contributed by atoms with Crippen molar-refractivity contribution in [1.82, 2.24) is 9.88 Å². The summed E-state index contributed by atoms with van der Waals surface area (Å²) < 4.78 is 17.8. The smallest absolute Gasteiger partial charge is 0.0892 e. The summed E-state index contributed by atoms with van der Waals surface area (Å²) in [4.78, 5) is 7.17. The van der Waals surface area contributed by atoms with Gasteiger partial charge in [-0.3, -0.25) is 9.88 Å². The summed E-state index contributed by atoms with van der Waals surface area (Å²) in [5.41, 5.74) is 2.10. The van der Waals surface area contributed by atoms with Gasteiger partial charge in [0.15, 0.2) is 0 Å². The quantitative estimate of drug-likeness (QED) is 0.839. The molecule has 4 rings (SSSR count). The van der Waals surface area contributed by atoms with Gasteiger partial charge in [0.1, 0.15) is 0 Å². The maximum absolute atomic E-state index is 6.25. The molecule has 1 spiro atoms.